The van der Waals surface area contributed by atoms with E-state index in [4.69, 9.17) is 5.11 Å². The molecule has 1 unspecified atom stereocenters. The Morgan fingerprint density at radius 3 is 2.57 bits per heavy atom. The minimum atomic E-state index is -4.61. The number of hydrogen-bond donors (Lipinski definition) is 2. The fourth-order valence-corrected chi connectivity index (χ4v) is 2.47. The first-order valence-corrected chi connectivity index (χ1v) is 6.63. The Hall–Kier alpha value is -1.91. The van der Waals surface area contributed by atoms with Crippen molar-refractivity contribution in [2.45, 2.75) is 19.5 Å². The topological polar surface area (TPSA) is 95.4 Å². The van der Waals surface area contributed by atoms with Crippen molar-refractivity contribution in [3.8, 4) is 0 Å². The van der Waals surface area contributed by atoms with Crippen LogP contribution in [0.1, 0.15) is 18.4 Å². The number of halogens is 3. The van der Waals surface area contributed by atoms with Crippen molar-refractivity contribution in [2.24, 2.45) is 5.41 Å². The van der Waals surface area contributed by atoms with E-state index in [0.29, 0.717) is 0 Å². The molecule has 0 spiro atoms. The normalized spacial score (nSPS) is 22.4. The molecule has 7 nitrogen and oxygen atoms in total. The molecule has 0 radical (unpaired) electrons. The predicted octanol–water partition coefficient (Wildman–Crippen LogP) is 1.89. The summed E-state index contributed by atoms with van der Waals surface area (Å²) in [5.41, 5.74) is -1.05. The van der Waals surface area contributed by atoms with E-state index in [2.05, 4.69) is 15.5 Å². The summed E-state index contributed by atoms with van der Waals surface area (Å²) in [7, 11) is 0. The van der Waals surface area contributed by atoms with E-state index in [-0.39, 0.29) is 36.0 Å². The van der Waals surface area contributed by atoms with Crippen LogP contribution in [0.15, 0.2) is 0 Å². The molecule has 1 aromatic rings. The number of nitrogens with zero attached hydrogens (tertiary/aromatic N) is 3. The average molecular weight is 324 g/mol. The van der Waals surface area contributed by atoms with E-state index in [0.717, 1.165) is 0 Å². The maximum Gasteiger partial charge on any atom is 0.445 e. The van der Waals surface area contributed by atoms with Crippen LogP contribution in [0, 0.1) is 5.41 Å². The summed E-state index contributed by atoms with van der Waals surface area (Å²) < 4.78 is 37.0. The van der Waals surface area contributed by atoms with Crippen LogP contribution in [0.2, 0.25) is 0 Å². The maximum atomic E-state index is 12.3. The number of carboxylic acids is 1. The van der Waals surface area contributed by atoms with E-state index in [1.165, 1.54) is 11.8 Å². The van der Waals surface area contributed by atoms with Gasteiger partial charge >= 0.3 is 18.2 Å². The molecule has 1 aliphatic rings. The van der Waals surface area contributed by atoms with Gasteiger partial charge in [0.05, 0.1) is 5.41 Å². The molecule has 11 heteroatoms. The molecule has 1 saturated heterocycles. The number of anilines is 1. The molecule has 2 amide bonds. The van der Waals surface area contributed by atoms with Crippen molar-refractivity contribution < 1.29 is 27.9 Å². The van der Waals surface area contributed by atoms with E-state index >= 15 is 0 Å². The lowest BCUT2D eigenvalue weighted by molar-refractivity contribution is -0.147. The summed E-state index contributed by atoms with van der Waals surface area (Å²) in [4.78, 5) is 24.1. The van der Waals surface area contributed by atoms with Gasteiger partial charge in [0, 0.05) is 13.1 Å². The molecule has 21 heavy (non-hydrogen) atoms. The lowest BCUT2D eigenvalue weighted by atomic mass is 9.90. The predicted molar refractivity (Wildman–Crippen MR) is 65.9 cm³/mol. The maximum absolute atomic E-state index is 12.3. The van der Waals surface area contributed by atoms with Gasteiger partial charge in [-0.3, -0.25) is 10.1 Å². The van der Waals surface area contributed by atoms with Gasteiger partial charge in [-0.05, 0) is 13.3 Å². The Labute approximate surface area is 120 Å². The quantitative estimate of drug-likeness (QED) is 0.866. The molecule has 2 heterocycles. The Bertz CT molecular complexity index is 576. The fraction of sp³-hybridized carbons (Fsp3) is 0.600. The minimum Gasteiger partial charge on any atom is -0.481 e. The highest BCUT2D eigenvalue weighted by Gasteiger charge is 2.42. The number of amides is 2. The number of rotatable bonds is 2. The van der Waals surface area contributed by atoms with Gasteiger partial charge < -0.3 is 10.0 Å². The van der Waals surface area contributed by atoms with Gasteiger partial charge in [-0.25, -0.2) is 4.79 Å². The van der Waals surface area contributed by atoms with E-state index < -0.39 is 28.6 Å². The van der Waals surface area contributed by atoms with Gasteiger partial charge in [-0.2, -0.15) is 13.2 Å². The number of aromatic nitrogens is 2. The molecule has 0 bridgehead atoms. The lowest BCUT2D eigenvalue weighted by Crippen LogP contribution is -2.37. The summed E-state index contributed by atoms with van der Waals surface area (Å²) in [6.45, 7) is 1.70. The van der Waals surface area contributed by atoms with Crippen molar-refractivity contribution in [1.29, 1.82) is 0 Å². The molecule has 2 rings (SSSR count). The molecular weight excluding hydrogens is 313 g/mol. The first kappa shape index (κ1) is 15.5. The number of likely N-dealkylation sites (tertiary alicyclic amines) is 1. The first-order valence-electron chi connectivity index (χ1n) is 5.82. The number of carboxylic acid groups (broad SMARTS) is 1. The van der Waals surface area contributed by atoms with Crippen LogP contribution in [0.3, 0.4) is 0 Å². The number of carbonyl (C=O) groups excluding carboxylic acids is 1. The molecule has 1 atom stereocenters. The summed E-state index contributed by atoms with van der Waals surface area (Å²) in [6.07, 6.45) is -4.34. The summed E-state index contributed by atoms with van der Waals surface area (Å²) in [6, 6.07) is -0.690. The Morgan fingerprint density at radius 1 is 1.43 bits per heavy atom. The van der Waals surface area contributed by atoms with Gasteiger partial charge in [-0.1, -0.05) is 11.3 Å². The number of alkyl halides is 3. The van der Waals surface area contributed by atoms with E-state index in [9.17, 15) is 22.8 Å². The number of nitrogens with one attached hydrogen (secondary N) is 1. The largest absolute Gasteiger partial charge is 0.481 e. The van der Waals surface area contributed by atoms with Crippen molar-refractivity contribution in [3.63, 3.8) is 0 Å². The monoisotopic (exact) mass is 324 g/mol. The summed E-state index contributed by atoms with van der Waals surface area (Å²) in [5.74, 6) is -1.02. The Balaban J connectivity index is 2.00. The number of carbonyl (C=O) groups is 2. The smallest absolute Gasteiger partial charge is 0.445 e. The Kier molecular flexibility index (Phi) is 3.78. The second kappa shape index (κ2) is 5.13. The molecular formula is C10H11F3N4O3S. The molecule has 1 aliphatic heterocycles. The van der Waals surface area contributed by atoms with Gasteiger partial charge in [0.15, 0.2) is 0 Å². The van der Waals surface area contributed by atoms with Gasteiger partial charge in [-0.15, -0.1) is 10.2 Å². The SMILES string of the molecule is CC1(C(=O)O)CCN(C(=O)Nc2nnc(C(F)(F)F)s2)C1. The van der Waals surface area contributed by atoms with Crippen LogP contribution in [-0.4, -0.2) is 45.3 Å². The summed E-state index contributed by atoms with van der Waals surface area (Å²) in [5, 5.41) is 16.0. The molecule has 2 N–H and O–H groups in total. The van der Waals surface area contributed by atoms with Crippen LogP contribution in [0.25, 0.3) is 0 Å². The third-order valence-corrected chi connectivity index (χ3v) is 4.04. The van der Waals surface area contributed by atoms with Crippen molar-refractivity contribution in [1.82, 2.24) is 15.1 Å². The van der Waals surface area contributed by atoms with Gasteiger partial charge in [0.1, 0.15) is 0 Å². The first-order chi connectivity index (χ1) is 9.62. The fourth-order valence-electron chi connectivity index (χ4n) is 1.87. The molecule has 1 aromatic heterocycles. The highest BCUT2D eigenvalue weighted by Crippen LogP contribution is 2.34. The number of urea groups is 1. The van der Waals surface area contributed by atoms with Crippen molar-refractivity contribution >= 4 is 28.5 Å². The lowest BCUT2D eigenvalue weighted by Gasteiger charge is -2.19. The van der Waals surface area contributed by atoms with Crippen molar-refractivity contribution in [3.05, 3.63) is 5.01 Å². The second-order valence-electron chi connectivity index (χ2n) is 4.88. The Morgan fingerprint density at radius 2 is 2.10 bits per heavy atom. The number of hydrogen-bond acceptors (Lipinski definition) is 5. The third kappa shape index (κ3) is 3.23. The molecule has 0 aliphatic carbocycles. The highest BCUT2D eigenvalue weighted by molar-refractivity contribution is 7.15. The minimum absolute atomic E-state index is 0.0148. The molecule has 0 saturated carbocycles. The zero-order valence-electron chi connectivity index (χ0n) is 10.8. The van der Waals surface area contributed by atoms with Crippen molar-refractivity contribution in [2.75, 3.05) is 18.4 Å². The van der Waals surface area contributed by atoms with Crippen LogP contribution < -0.4 is 5.32 Å². The highest BCUT2D eigenvalue weighted by atomic mass is 32.1. The molecule has 0 aromatic carbocycles. The molecule has 1 fully saturated rings. The van der Waals surface area contributed by atoms with Crippen LogP contribution in [0.4, 0.5) is 23.1 Å². The third-order valence-electron chi connectivity index (χ3n) is 3.16. The van der Waals surface area contributed by atoms with Gasteiger partial charge in [0.25, 0.3) is 0 Å². The van der Waals surface area contributed by atoms with Crippen LogP contribution >= 0.6 is 11.3 Å². The standard InChI is InChI=1S/C10H11F3N4O3S/c1-9(6(18)19)2-3-17(4-9)8(20)14-7-16-15-5(21-7)10(11,12)13/h2-4H2,1H3,(H,18,19)(H,14,16,20). The zero-order chi connectivity index (χ0) is 15.8. The zero-order valence-corrected chi connectivity index (χ0v) is 11.6. The second-order valence-corrected chi connectivity index (χ2v) is 5.86. The van der Waals surface area contributed by atoms with Gasteiger partial charge in [0.2, 0.25) is 10.1 Å². The van der Waals surface area contributed by atoms with Crippen LogP contribution in [0.5, 0.6) is 0 Å². The van der Waals surface area contributed by atoms with E-state index in [1.807, 2.05) is 0 Å². The number of aliphatic carboxylic acids is 1. The summed E-state index contributed by atoms with van der Waals surface area (Å²) >= 11 is 0.211. The van der Waals surface area contributed by atoms with Crippen LogP contribution in [-0.2, 0) is 11.0 Å². The average Bonchev–Trinajstić information content (AvgIpc) is 2.96. The molecule has 116 valence electrons. The van der Waals surface area contributed by atoms with E-state index in [1.54, 1.807) is 0 Å².